The molecule has 0 aromatic carbocycles. The molecule has 0 rings (SSSR count). The predicted molar refractivity (Wildman–Crippen MR) is 58.5 cm³/mol. The van der Waals surface area contributed by atoms with Gasteiger partial charge in [-0.3, -0.25) is 4.79 Å². The van der Waals surface area contributed by atoms with E-state index in [-0.39, 0.29) is 6.61 Å². The van der Waals surface area contributed by atoms with Crippen LogP contribution in [0.4, 0.5) is 0 Å². The molecule has 6 nitrogen and oxygen atoms in total. The number of nitrogens with two attached hydrogens (primary N) is 1. The molecule has 6 heteroatoms. The van der Waals surface area contributed by atoms with Crippen LogP contribution in [-0.2, 0) is 14.3 Å². The van der Waals surface area contributed by atoms with Crippen molar-refractivity contribution in [3.8, 4) is 0 Å². The molecular formula is C10H20N2O4. The van der Waals surface area contributed by atoms with Gasteiger partial charge in [0.2, 0.25) is 5.91 Å². The molecule has 16 heavy (non-hydrogen) atoms. The summed E-state index contributed by atoms with van der Waals surface area (Å²) in [6.07, 6.45) is 0.837. The maximum atomic E-state index is 11.3. The number of carbonyl (C=O) groups excluding carboxylic acids is 2. The molecule has 0 aliphatic carbocycles. The first-order valence-corrected chi connectivity index (χ1v) is 5.37. The highest BCUT2D eigenvalue weighted by Gasteiger charge is 2.22. The van der Waals surface area contributed by atoms with Crippen molar-refractivity contribution in [2.24, 2.45) is 5.73 Å². The Hall–Kier alpha value is -1.14. The lowest BCUT2D eigenvalue weighted by Gasteiger charge is -2.11. The molecular weight excluding hydrogens is 212 g/mol. The van der Waals surface area contributed by atoms with Crippen molar-refractivity contribution in [1.29, 1.82) is 0 Å². The monoisotopic (exact) mass is 232 g/mol. The van der Waals surface area contributed by atoms with Gasteiger partial charge in [0, 0.05) is 6.54 Å². The van der Waals surface area contributed by atoms with Gasteiger partial charge in [-0.05, 0) is 26.7 Å². The normalized spacial score (nSPS) is 14.0. The number of ether oxygens (including phenoxy) is 1. The Bertz CT molecular complexity index is 231. The molecule has 0 aromatic rings. The lowest BCUT2D eigenvalue weighted by Crippen LogP contribution is -2.47. The molecule has 1 amide bonds. The van der Waals surface area contributed by atoms with Gasteiger partial charge in [0.1, 0.15) is 0 Å². The summed E-state index contributed by atoms with van der Waals surface area (Å²) in [6, 6.07) is -1.27. The van der Waals surface area contributed by atoms with E-state index in [1.807, 2.05) is 0 Å². The van der Waals surface area contributed by atoms with Crippen LogP contribution in [0.15, 0.2) is 0 Å². The van der Waals surface area contributed by atoms with E-state index in [9.17, 15) is 9.59 Å². The van der Waals surface area contributed by atoms with Gasteiger partial charge in [-0.1, -0.05) is 0 Å². The van der Waals surface area contributed by atoms with Crippen LogP contribution in [0.25, 0.3) is 0 Å². The lowest BCUT2D eigenvalue weighted by molar-refractivity contribution is -0.147. The number of aliphatic hydroxyl groups is 1. The van der Waals surface area contributed by atoms with Crippen molar-refractivity contribution < 1.29 is 19.4 Å². The Morgan fingerprint density at radius 3 is 2.62 bits per heavy atom. The quantitative estimate of drug-likeness (QED) is 0.301. The van der Waals surface area contributed by atoms with E-state index in [0.29, 0.717) is 19.4 Å². The minimum absolute atomic E-state index is 0.196. The largest absolute Gasteiger partial charge is 0.464 e. The smallest absolute Gasteiger partial charge is 0.332 e. The summed E-state index contributed by atoms with van der Waals surface area (Å²) in [5.74, 6) is -1.28. The third kappa shape index (κ3) is 6.36. The van der Waals surface area contributed by atoms with Crippen LogP contribution < -0.4 is 11.1 Å². The molecule has 0 heterocycles. The number of rotatable bonds is 7. The molecule has 4 N–H and O–H groups in total. The highest BCUT2D eigenvalue weighted by Crippen LogP contribution is 1.94. The first kappa shape index (κ1) is 14.9. The zero-order valence-electron chi connectivity index (χ0n) is 9.73. The number of hydrogen-bond acceptors (Lipinski definition) is 5. The van der Waals surface area contributed by atoms with Crippen molar-refractivity contribution in [3.63, 3.8) is 0 Å². The second-order valence-electron chi connectivity index (χ2n) is 3.51. The van der Waals surface area contributed by atoms with Gasteiger partial charge in [0.05, 0.1) is 12.7 Å². The van der Waals surface area contributed by atoms with Crippen LogP contribution in [0.5, 0.6) is 0 Å². The van der Waals surface area contributed by atoms with E-state index in [4.69, 9.17) is 10.8 Å². The molecule has 0 aliphatic rings. The SMILES string of the molecule is CCOC(=O)C(N)C(=O)NCCCC(C)O. The van der Waals surface area contributed by atoms with Gasteiger partial charge in [-0.2, -0.15) is 0 Å². The number of aliphatic hydroxyl groups excluding tert-OH is 1. The molecule has 0 aliphatic heterocycles. The zero-order valence-corrected chi connectivity index (χ0v) is 9.73. The number of carbonyl (C=O) groups is 2. The lowest BCUT2D eigenvalue weighted by atomic mass is 10.2. The van der Waals surface area contributed by atoms with E-state index < -0.39 is 24.0 Å². The molecule has 0 radical (unpaired) electrons. The number of hydrogen-bond donors (Lipinski definition) is 3. The predicted octanol–water partition coefficient (Wildman–Crippen LogP) is -0.846. The minimum atomic E-state index is -1.27. The molecule has 0 saturated heterocycles. The average Bonchev–Trinajstić information content (AvgIpc) is 2.23. The molecule has 0 aromatic heterocycles. The number of esters is 1. The van der Waals surface area contributed by atoms with Crippen LogP contribution >= 0.6 is 0 Å². The summed E-state index contributed by atoms with van der Waals surface area (Å²) in [5, 5.41) is 11.5. The summed E-state index contributed by atoms with van der Waals surface area (Å²) >= 11 is 0. The fourth-order valence-corrected chi connectivity index (χ4v) is 1.06. The first-order chi connectivity index (χ1) is 7.49. The maximum absolute atomic E-state index is 11.3. The van der Waals surface area contributed by atoms with Crippen LogP contribution in [0.3, 0.4) is 0 Å². The Labute approximate surface area is 95.1 Å². The van der Waals surface area contributed by atoms with E-state index in [2.05, 4.69) is 10.1 Å². The highest BCUT2D eigenvalue weighted by molar-refractivity contribution is 6.01. The Morgan fingerprint density at radius 2 is 2.12 bits per heavy atom. The number of nitrogens with one attached hydrogen (secondary N) is 1. The van der Waals surface area contributed by atoms with Crippen LogP contribution in [-0.4, -0.2) is 42.3 Å². The standard InChI is InChI=1S/C10H20N2O4/c1-3-16-10(15)8(11)9(14)12-6-4-5-7(2)13/h7-8,13H,3-6,11H2,1-2H3,(H,12,14). The summed E-state index contributed by atoms with van der Waals surface area (Å²) in [7, 11) is 0. The van der Waals surface area contributed by atoms with Crippen molar-refractivity contribution in [1.82, 2.24) is 5.32 Å². The minimum Gasteiger partial charge on any atom is -0.464 e. The van der Waals surface area contributed by atoms with Crippen molar-refractivity contribution >= 4 is 11.9 Å². The molecule has 94 valence electrons. The Balaban J connectivity index is 3.75. The van der Waals surface area contributed by atoms with Crippen molar-refractivity contribution in [2.45, 2.75) is 38.8 Å². The van der Waals surface area contributed by atoms with Gasteiger partial charge in [0.15, 0.2) is 6.04 Å². The summed E-state index contributed by atoms with van der Waals surface area (Å²) in [5.41, 5.74) is 5.35. The van der Waals surface area contributed by atoms with Crippen LogP contribution in [0, 0.1) is 0 Å². The van der Waals surface area contributed by atoms with Gasteiger partial charge in [-0.25, -0.2) is 4.79 Å². The molecule has 0 bridgehead atoms. The van der Waals surface area contributed by atoms with Gasteiger partial charge < -0.3 is 20.9 Å². The van der Waals surface area contributed by atoms with Gasteiger partial charge >= 0.3 is 5.97 Å². The first-order valence-electron chi connectivity index (χ1n) is 5.37. The van der Waals surface area contributed by atoms with Gasteiger partial charge in [0.25, 0.3) is 0 Å². The molecule has 0 saturated carbocycles. The topological polar surface area (TPSA) is 102 Å². The zero-order chi connectivity index (χ0) is 12.6. The highest BCUT2D eigenvalue weighted by atomic mass is 16.5. The van der Waals surface area contributed by atoms with E-state index in [0.717, 1.165) is 0 Å². The summed E-state index contributed by atoms with van der Waals surface area (Å²) in [4.78, 5) is 22.4. The third-order valence-electron chi connectivity index (χ3n) is 1.92. The fourth-order valence-electron chi connectivity index (χ4n) is 1.06. The van der Waals surface area contributed by atoms with Gasteiger partial charge in [-0.15, -0.1) is 0 Å². The van der Waals surface area contributed by atoms with Crippen LogP contribution in [0.2, 0.25) is 0 Å². The summed E-state index contributed by atoms with van der Waals surface area (Å²) < 4.78 is 4.60. The Kier molecular flexibility index (Phi) is 7.49. The van der Waals surface area contributed by atoms with Crippen molar-refractivity contribution in [3.05, 3.63) is 0 Å². The molecule has 0 fully saturated rings. The van der Waals surface area contributed by atoms with Crippen LogP contribution in [0.1, 0.15) is 26.7 Å². The molecule has 2 atom stereocenters. The fraction of sp³-hybridized carbons (Fsp3) is 0.800. The Morgan fingerprint density at radius 1 is 1.50 bits per heavy atom. The van der Waals surface area contributed by atoms with E-state index >= 15 is 0 Å². The number of amides is 1. The molecule has 2 unspecified atom stereocenters. The van der Waals surface area contributed by atoms with Crippen molar-refractivity contribution in [2.75, 3.05) is 13.2 Å². The second-order valence-corrected chi connectivity index (χ2v) is 3.51. The second kappa shape index (κ2) is 8.06. The maximum Gasteiger partial charge on any atom is 0.332 e. The van der Waals surface area contributed by atoms with E-state index in [1.165, 1.54) is 0 Å². The van der Waals surface area contributed by atoms with E-state index in [1.54, 1.807) is 13.8 Å². The third-order valence-corrected chi connectivity index (χ3v) is 1.92. The average molecular weight is 232 g/mol. The molecule has 0 spiro atoms. The summed E-state index contributed by atoms with van der Waals surface area (Å²) in [6.45, 7) is 3.90.